The first kappa shape index (κ1) is 20.5. The van der Waals surface area contributed by atoms with Gasteiger partial charge in [0.25, 0.3) is 0 Å². The van der Waals surface area contributed by atoms with Crippen LogP contribution >= 0.6 is 0 Å². The number of carbonyl (C=O) groups excluding carboxylic acids is 1. The highest BCUT2D eigenvalue weighted by Gasteiger charge is 2.24. The van der Waals surface area contributed by atoms with E-state index in [0.29, 0.717) is 11.4 Å². The van der Waals surface area contributed by atoms with Crippen molar-refractivity contribution in [3.8, 4) is 17.1 Å². The van der Waals surface area contributed by atoms with E-state index >= 15 is 0 Å². The lowest BCUT2D eigenvalue weighted by molar-refractivity contribution is -0.116. The van der Waals surface area contributed by atoms with Gasteiger partial charge in [-0.2, -0.15) is 0 Å². The number of para-hydroxylation sites is 2. The largest absolute Gasteiger partial charge is 0.495 e. The zero-order valence-corrected chi connectivity index (χ0v) is 18.2. The van der Waals surface area contributed by atoms with Gasteiger partial charge in [-0.3, -0.25) is 4.79 Å². The van der Waals surface area contributed by atoms with E-state index < -0.39 is 5.92 Å². The van der Waals surface area contributed by atoms with Crippen molar-refractivity contribution in [2.75, 3.05) is 12.4 Å². The van der Waals surface area contributed by atoms with Crippen LogP contribution in [0.2, 0.25) is 0 Å². The van der Waals surface area contributed by atoms with Gasteiger partial charge in [-0.1, -0.05) is 72.8 Å². The van der Waals surface area contributed by atoms with E-state index in [0.717, 1.165) is 33.5 Å². The predicted molar refractivity (Wildman–Crippen MR) is 131 cm³/mol. The van der Waals surface area contributed by atoms with Crippen molar-refractivity contribution in [2.24, 2.45) is 0 Å². The molecule has 0 aliphatic rings. The molecule has 1 heterocycles. The second kappa shape index (κ2) is 9.01. The molecule has 0 radical (unpaired) electrons. The van der Waals surface area contributed by atoms with Gasteiger partial charge >= 0.3 is 0 Å². The summed E-state index contributed by atoms with van der Waals surface area (Å²) in [6.07, 6.45) is 0. The Morgan fingerprint density at radius 3 is 2.12 bits per heavy atom. The van der Waals surface area contributed by atoms with Crippen molar-refractivity contribution in [3.63, 3.8) is 0 Å². The van der Waals surface area contributed by atoms with Crippen LogP contribution in [0.3, 0.4) is 0 Å². The summed E-state index contributed by atoms with van der Waals surface area (Å²) in [6, 6.07) is 33.1. The molecule has 2 N–H and O–H groups in total. The number of amides is 1. The number of hydrogen-bond acceptors (Lipinski definition) is 3. The van der Waals surface area contributed by atoms with Gasteiger partial charge in [0.15, 0.2) is 0 Å². The molecule has 4 aromatic carbocycles. The van der Waals surface area contributed by atoms with E-state index in [-0.39, 0.29) is 5.91 Å². The molecule has 5 heteroatoms. The smallest absolute Gasteiger partial charge is 0.236 e. The lowest BCUT2D eigenvalue weighted by Gasteiger charge is -2.19. The van der Waals surface area contributed by atoms with Crippen LogP contribution in [0.15, 0.2) is 103 Å². The molecule has 0 saturated heterocycles. The monoisotopic (exact) mass is 433 g/mol. The Morgan fingerprint density at radius 1 is 0.848 bits per heavy atom. The summed E-state index contributed by atoms with van der Waals surface area (Å²) in [7, 11) is 1.59. The molecule has 0 atom stereocenters. The second-order valence-electron chi connectivity index (χ2n) is 7.76. The Bertz CT molecular complexity index is 1320. The number of anilines is 1. The van der Waals surface area contributed by atoms with Crippen LogP contribution in [0.1, 0.15) is 17.0 Å². The number of H-pyrrole nitrogens is 1. The van der Waals surface area contributed by atoms with Crippen LogP contribution in [0.25, 0.3) is 22.4 Å². The number of aromatic amines is 1. The molecule has 162 valence electrons. The minimum absolute atomic E-state index is 0.132. The van der Waals surface area contributed by atoms with Crippen LogP contribution in [0.5, 0.6) is 5.75 Å². The third-order valence-corrected chi connectivity index (χ3v) is 5.65. The molecular formula is C28H23N3O2. The molecule has 0 fully saturated rings. The Hall–Kier alpha value is -4.38. The maximum atomic E-state index is 13.6. The Labute approximate surface area is 192 Å². The summed E-state index contributed by atoms with van der Waals surface area (Å²) in [6.45, 7) is 0. The first-order valence-corrected chi connectivity index (χ1v) is 10.8. The summed E-state index contributed by atoms with van der Waals surface area (Å²) in [5, 5.41) is 3.10. The standard InChI is InChI=1S/C28H23N3O2/c1-33-25-17-16-21(27-29-22-14-8-9-15-23(22)30-27)18-24(25)31-28(32)26(19-10-4-2-5-11-19)20-12-6-3-7-13-20/h2-18,26H,1H3,(H,29,30)(H,31,32). The number of fused-ring (bicyclic) bond motifs is 1. The molecule has 0 saturated carbocycles. The summed E-state index contributed by atoms with van der Waals surface area (Å²) >= 11 is 0. The fourth-order valence-corrected chi connectivity index (χ4v) is 4.03. The molecule has 0 bridgehead atoms. The Morgan fingerprint density at radius 2 is 1.48 bits per heavy atom. The Kier molecular flexibility index (Phi) is 5.60. The van der Waals surface area contributed by atoms with Crippen LogP contribution in [0.4, 0.5) is 5.69 Å². The van der Waals surface area contributed by atoms with Crippen LogP contribution < -0.4 is 10.1 Å². The van der Waals surface area contributed by atoms with Gasteiger partial charge in [-0.25, -0.2) is 4.98 Å². The molecule has 5 nitrogen and oxygen atoms in total. The third kappa shape index (κ3) is 4.21. The third-order valence-electron chi connectivity index (χ3n) is 5.65. The highest BCUT2D eigenvalue weighted by molar-refractivity contribution is 5.99. The second-order valence-corrected chi connectivity index (χ2v) is 7.76. The number of aromatic nitrogens is 2. The number of nitrogens with zero attached hydrogens (tertiary/aromatic N) is 1. The van der Waals surface area contributed by atoms with Gasteiger partial charge in [-0.15, -0.1) is 0 Å². The van der Waals surface area contributed by atoms with Crippen LogP contribution in [0, 0.1) is 0 Å². The highest BCUT2D eigenvalue weighted by atomic mass is 16.5. The molecule has 1 amide bonds. The fraction of sp³-hybridized carbons (Fsp3) is 0.0714. The van der Waals surface area contributed by atoms with Gasteiger partial charge < -0.3 is 15.0 Å². The van der Waals surface area contributed by atoms with E-state index in [1.807, 2.05) is 103 Å². The van der Waals surface area contributed by atoms with Crippen molar-refractivity contribution in [1.29, 1.82) is 0 Å². The van der Waals surface area contributed by atoms with Crippen molar-refractivity contribution in [2.45, 2.75) is 5.92 Å². The summed E-state index contributed by atoms with van der Waals surface area (Å²) < 4.78 is 5.54. The SMILES string of the molecule is COc1ccc(-c2nc3ccccc3[nH]2)cc1NC(=O)C(c1ccccc1)c1ccccc1. The van der Waals surface area contributed by atoms with Gasteiger partial charge in [-0.05, 0) is 41.5 Å². The molecule has 5 rings (SSSR count). The normalized spacial score (nSPS) is 11.0. The lowest BCUT2D eigenvalue weighted by Crippen LogP contribution is -2.22. The minimum Gasteiger partial charge on any atom is -0.495 e. The molecule has 33 heavy (non-hydrogen) atoms. The summed E-state index contributed by atoms with van der Waals surface area (Å²) in [5.74, 6) is 0.736. The number of nitrogens with one attached hydrogen (secondary N) is 2. The summed E-state index contributed by atoms with van der Waals surface area (Å²) in [5.41, 5.74) is 5.15. The van der Waals surface area contributed by atoms with Crippen molar-refractivity contribution in [3.05, 3.63) is 114 Å². The van der Waals surface area contributed by atoms with E-state index in [1.54, 1.807) is 7.11 Å². The number of ether oxygens (including phenoxy) is 1. The van der Waals surface area contributed by atoms with E-state index in [9.17, 15) is 4.79 Å². The number of carbonyl (C=O) groups is 1. The Balaban J connectivity index is 1.51. The van der Waals surface area contributed by atoms with Crippen molar-refractivity contribution < 1.29 is 9.53 Å². The van der Waals surface area contributed by atoms with Gasteiger partial charge in [0.1, 0.15) is 11.6 Å². The first-order chi connectivity index (χ1) is 16.2. The fourth-order valence-electron chi connectivity index (χ4n) is 4.03. The maximum absolute atomic E-state index is 13.6. The van der Waals surface area contributed by atoms with E-state index in [2.05, 4.69) is 15.3 Å². The lowest BCUT2D eigenvalue weighted by atomic mass is 9.90. The zero-order valence-electron chi connectivity index (χ0n) is 18.2. The molecule has 0 aliphatic carbocycles. The number of benzene rings is 4. The van der Waals surface area contributed by atoms with Gasteiger partial charge in [0, 0.05) is 5.56 Å². The average molecular weight is 434 g/mol. The topological polar surface area (TPSA) is 67.0 Å². The predicted octanol–water partition coefficient (Wildman–Crippen LogP) is 6.01. The number of rotatable bonds is 6. The molecule has 0 spiro atoms. The van der Waals surface area contributed by atoms with Crippen LogP contribution in [-0.4, -0.2) is 23.0 Å². The summed E-state index contributed by atoms with van der Waals surface area (Å²) in [4.78, 5) is 21.6. The van der Waals surface area contributed by atoms with Gasteiger partial charge in [0.05, 0.1) is 29.7 Å². The minimum atomic E-state index is -0.452. The average Bonchev–Trinajstić information content (AvgIpc) is 3.30. The maximum Gasteiger partial charge on any atom is 0.236 e. The molecular weight excluding hydrogens is 410 g/mol. The van der Waals surface area contributed by atoms with Crippen molar-refractivity contribution >= 4 is 22.6 Å². The number of methoxy groups -OCH3 is 1. The molecule has 1 aromatic heterocycles. The molecule has 5 aromatic rings. The quantitative estimate of drug-likeness (QED) is 0.345. The van der Waals surface area contributed by atoms with Crippen LogP contribution in [-0.2, 0) is 4.79 Å². The number of imidazole rings is 1. The van der Waals surface area contributed by atoms with E-state index in [1.165, 1.54) is 0 Å². The highest BCUT2D eigenvalue weighted by Crippen LogP contribution is 2.33. The first-order valence-electron chi connectivity index (χ1n) is 10.8. The number of hydrogen-bond donors (Lipinski definition) is 2. The molecule has 0 unspecified atom stereocenters. The van der Waals surface area contributed by atoms with Gasteiger partial charge in [0.2, 0.25) is 5.91 Å². The van der Waals surface area contributed by atoms with E-state index in [4.69, 9.17) is 4.74 Å². The van der Waals surface area contributed by atoms with Crippen molar-refractivity contribution in [1.82, 2.24) is 9.97 Å². The molecule has 0 aliphatic heterocycles. The zero-order chi connectivity index (χ0) is 22.6.